The minimum absolute atomic E-state index is 0.140. The highest BCUT2D eigenvalue weighted by Crippen LogP contribution is 2.51. The van der Waals surface area contributed by atoms with E-state index in [-0.39, 0.29) is 11.3 Å². The Labute approximate surface area is 121 Å². The van der Waals surface area contributed by atoms with Gasteiger partial charge in [0.05, 0.1) is 12.5 Å². The minimum Gasteiger partial charge on any atom is -0.496 e. The molecule has 0 bridgehead atoms. The quantitative estimate of drug-likeness (QED) is 0.772. The number of para-hydroxylation sites is 1. The van der Waals surface area contributed by atoms with Crippen LogP contribution in [0, 0.1) is 0 Å². The van der Waals surface area contributed by atoms with Gasteiger partial charge in [0, 0.05) is 12.1 Å². The highest BCUT2D eigenvalue weighted by atomic mass is 16.5. The van der Waals surface area contributed by atoms with E-state index < -0.39 is 0 Å². The molecule has 0 unspecified atom stereocenters. The lowest BCUT2D eigenvalue weighted by Crippen LogP contribution is -2.36. The van der Waals surface area contributed by atoms with Gasteiger partial charge in [-0.3, -0.25) is 4.79 Å². The van der Waals surface area contributed by atoms with Crippen molar-refractivity contribution in [3.63, 3.8) is 0 Å². The third-order valence-corrected chi connectivity index (χ3v) is 3.87. The van der Waals surface area contributed by atoms with Crippen LogP contribution in [-0.2, 0) is 10.2 Å². The molecular formula is C16H24N2O2. The summed E-state index contributed by atoms with van der Waals surface area (Å²) in [5, 5.41) is 3.07. The van der Waals surface area contributed by atoms with Crippen molar-refractivity contribution >= 4 is 5.91 Å². The van der Waals surface area contributed by atoms with Gasteiger partial charge >= 0.3 is 0 Å². The fraction of sp³-hybridized carbons (Fsp3) is 0.562. The van der Waals surface area contributed by atoms with Gasteiger partial charge in [-0.15, -0.1) is 0 Å². The minimum atomic E-state index is -0.356. The molecular weight excluding hydrogens is 252 g/mol. The van der Waals surface area contributed by atoms with Crippen LogP contribution < -0.4 is 10.1 Å². The number of ether oxygens (including phenoxy) is 1. The molecule has 1 aromatic rings. The average Bonchev–Trinajstić information content (AvgIpc) is 3.24. The summed E-state index contributed by atoms with van der Waals surface area (Å²) in [4.78, 5) is 14.6. The van der Waals surface area contributed by atoms with Crippen LogP contribution in [0.1, 0.15) is 24.8 Å². The number of carbonyl (C=O) groups excluding carboxylic acids is 1. The van der Waals surface area contributed by atoms with Gasteiger partial charge in [-0.25, -0.2) is 0 Å². The van der Waals surface area contributed by atoms with Crippen LogP contribution in [0.5, 0.6) is 5.75 Å². The molecule has 0 saturated heterocycles. The van der Waals surface area contributed by atoms with Crippen molar-refractivity contribution in [2.75, 3.05) is 34.3 Å². The molecule has 1 aliphatic carbocycles. The van der Waals surface area contributed by atoms with Gasteiger partial charge in [-0.2, -0.15) is 0 Å². The topological polar surface area (TPSA) is 41.6 Å². The lowest BCUT2D eigenvalue weighted by Gasteiger charge is -2.19. The van der Waals surface area contributed by atoms with E-state index in [1.165, 1.54) is 0 Å². The van der Waals surface area contributed by atoms with E-state index in [0.717, 1.165) is 43.7 Å². The average molecular weight is 276 g/mol. The van der Waals surface area contributed by atoms with Gasteiger partial charge in [0.15, 0.2) is 0 Å². The lowest BCUT2D eigenvalue weighted by molar-refractivity contribution is -0.123. The summed E-state index contributed by atoms with van der Waals surface area (Å²) in [7, 11) is 5.74. The Morgan fingerprint density at radius 3 is 2.65 bits per heavy atom. The molecule has 0 atom stereocenters. The summed E-state index contributed by atoms with van der Waals surface area (Å²) >= 11 is 0. The Balaban J connectivity index is 1.98. The number of hydrogen-bond acceptors (Lipinski definition) is 3. The number of carbonyl (C=O) groups is 1. The first kappa shape index (κ1) is 14.9. The molecule has 2 rings (SSSR count). The molecule has 0 aliphatic heterocycles. The van der Waals surface area contributed by atoms with Crippen LogP contribution >= 0.6 is 0 Å². The second-order valence-electron chi connectivity index (χ2n) is 5.70. The Kier molecular flexibility index (Phi) is 4.65. The number of nitrogens with one attached hydrogen (secondary N) is 1. The fourth-order valence-electron chi connectivity index (χ4n) is 2.55. The van der Waals surface area contributed by atoms with Crippen molar-refractivity contribution in [2.24, 2.45) is 0 Å². The Morgan fingerprint density at radius 2 is 2.05 bits per heavy atom. The number of methoxy groups -OCH3 is 1. The summed E-state index contributed by atoms with van der Waals surface area (Å²) < 4.78 is 5.39. The summed E-state index contributed by atoms with van der Waals surface area (Å²) in [5.41, 5.74) is 0.665. The number of nitrogens with zero attached hydrogens (tertiary/aromatic N) is 1. The second-order valence-corrected chi connectivity index (χ2v) is 5.70. The third-order valence-electron chi connectivity index (χ3n) is 3.87. The van der Waals surface area contributed by atoms with E-state index in [9.17, 15) is 4.79 Å². The third kappa shape index (κ3) is 3.12. The van der Waals surface area contributed by atoms with Crippen molar-refractivity contribution in [1.29, 1.82) is 0 Å². The molecule has 0 heterocycles. The number of benzene rings is 1. The summed E-state index contributed by atoms with van der Waals surface area (Å²) in [6.45, 7) is 1.72. The standard InChI is InChI=1S/C16H24N2O2/c1-18(2)12-6-11-17-15(19)16(9-10-16)13-7-4-5-8-14(13)20-3/h4-5,7-8H,6,9-12H2,1-3H3,(H,17,19). The molecule has 1 aliphatic rings. The van der Waals surface area contributed by atoms with Crippen LogP contribution in [0.4, 0.5) is 0 Å². The van der Waals surface area contributed by atoms with Gasteiger partial charge in [0.25, 0.3) is 0 Å². The van der Waals surface area contributed by atoms with Crippen molar-refractivity contribution < 1.29 is 9.53 Å². The zero-order valence-corrected chi connectivity index (χ0v) is 12.6. The first-order valence-corrected chi connectivity index (χ1v) is 7.17. The smallest absolute Gasteiger partial charge is 0.230 e. The van der Waals surface area contributed by atoms with Gasteiger partial charge in [0.1, 0.15) is 5.75 Å². The molecule has 1 saturated carbocycles. The van der Waals surface area contributed by atoms with Crippen molar-refractivity contribution in [3.8, 4) is 5.75 Å². The van der Waals surface area contributed by atoms with Crippen molar-refractivity contribution in [2.45, 2.75) is 24.7 Å². The molecule has 0 aromatic heterocycles. The van der Waals surface area contributed by atoms with Crippen LogP contribution in [-0.4, -0.2) is 45.1 Å². The Morgan fingerprint density at radius 1 is 1.35 bits per heavy atom. The van der Waals surface area contributed by atoms with Crippen LogP contribution in [0.25, 0.3) is 0 Å². The molecule has 110 valence electrons. The predicted octanol–water partition coefficient (Wildman–Crippen LogP) is 1.79. The molecule has 4 nitrogen and oxygen atoms in total. The van der Waals surface area contributed by atoms with Gasteiger partial charge in [0.2, 0.25) is 5.91 Å². The Bertz CT molecular complexity index is 467. The largest absolute Gasteiger partial charge is 0.496 e. The van der Waals surface area contributed by atoms with Crippen LogP contribution in [0.2, 0.25) is 0 Å². The first-order valence-electron chi connectivity index (χ1n) is 7.17. The maximum Gasteiger partial charge on any atom is 0.230 e. The molecule has 1 N–H and O–H groups in total. The maximum atomic E-state index is 12.5. The normalized spacial score (nSPS) is 16.0. The van der Waals surface area contributed by atoms with Gasteiger partial charge < -0.3 is 15.0 Å². The van der Waals surface area contributed by atoms with Gasteiger partial charge in [-0.05, 0) is 46.0 Å². The Hall–Kier alpha value is -1.55. The summed E-state index contributed by atoms with van der Waals surface area (Å²) in [6.07, 6.45) is 2.79. The van der Waals surface area contributed by atoms with E-state index in [2.05, 4.69) is 10.2 Å². The lowest BCUT2D eigenvalue weighted by atomic mass is 9.94. The van der Waals surface area contributed by atoms with Gasteiger partial charge in [-0.1, -0.05) is 18.2 Å². The predicted molar refractivity (Wildman–Crippen MR) is 80.1 cm³/mol. The summed E-state index contributed by atoms with van der Waals surface area (Å²) in [5.74, 6) is 0.953. The van der Waals surface area contributed by atoms with E-state index in [0.29, 0.717) is 0 Å². The molecule has 1 amide bonds. The zero-order chi connectivity index (χ0) is 14.6. The van der Waals surface area contributed by atoms with Crippen molar-refractivity contribution in [1.82, 2.24) is 10.2 Å². The summed E-state index contributed by atoms with van der Waals surface area (Å²) in [6, 6.07) is 7.84. The number of rotatable bonds is 7. The molecule has 0 radical (unpaired) electrons. The van der Waals surface area contributed by atoms with Crippen LogP contribution in [0.15, 0.2) is 24.3 Å². The van der Waals surface area contributed by atoms with E-state index in [4.69, 9.17) is 4.74 Å². The molecule has 4 heteroatoms. The molecule has 0 spiro atoms. The maximum absolute atomic E-state index is 12.5. The van der Waals surface area contributed by atoms with E-state index in [1.807, 2.05) is 38.4 Å². The highest BCUT2D eigenvalue weighted by molar-refractivity contribution is 5.92. The molecule has 1 fully saturated rings. The van der Waals surface area contributed by atoms with Crippen LogP contribution in [0.3, 0.4) is 0 Å². The van der Waals surface area contributed by atoms with E-state index in [1.54, 1.807) is 7.11 Å². The molecule has 1 aromatic carbocycles. The molecule has 20 heavy (non-hydrogen) atoms. The van der Waals surface area contributed by atoms with E-state index >= 15 is 0 Å². The SMILES string of the molecule is COc1ccccc1C1(C(=O)NCCCN(C)C)CC1. The number of hydrogen-bond donors (Lipinski definition) is 1. The second kappa shape index (κ2) is 6.27. The van der Waals surface area contributed by atoms with Crippen molar-refractivity contribution in [3.05, 3.63) is 29.8 Å². The first-order chi connectivity index (χ1) is 9.60. The fourth-order valence-corrected chi connectivity index (χ4v) is 2.55. The monoisotopic (exact) mass is 276 g/mol. The number of amides is 1. The zero-order valence-electron chi connectivity index (χ0n) is 12.6. The highest BCUT2D eigenvalue weighted by Gasteiger charge is 2.52.